The molecule has 0 radical (unpaired) electrons. The Hall–Kier alpha value is -1.10. The minimum absolute atomic E-state index is 0.0161. The number of carbonyl (C=O) groups is 2. The summed E-state index contributed by atoms with van der Waals surface area (Å²) in [7, 11) is 0. The number of ether oxygens (including phenoxy) is 1. The molecule has 104 valence electrons. The number of rotatable bonds is 3. The second-order valence-electron chi connectivity index (χ2n) is 5.72. The molecule has 5 heteroatoms. The van der Waals surface area contributed by atoms with Crippen LogP contribution in [-0.2, 0) is 9.53 Å². The Kier molecular flexibility index (Phi) is 5.59. The second kappa shape index (κ2) is 6.73. The molecule has 1 saturated heterocycles. The van der Waals surface area contributed by atoms with Crippen LogP contribution in [-0.4, -0.2) is 37.1 Å². The van der Waals surface area contributed by atoms with Gasteiger partial charge in [0, 0.05) is 12.5 Å². The van der Waals surface area contributed by atoms with E-state index in [4.69, 9.17) is 4.74 Å². The van der Waals surface area contributed by atoms with Crippen molar-refractivity contribution in [2.75, 3.05) is 19.6 Å². The summed E-state index contributed by atoms with van der Waals surface area (Å²) < 4.78 is 5.08. The molecule has 1 rings (SSSR count). The van der Waals surface area contributed by atoms with Crippen LogP contribution in [0.5, 0.6) is 0 Å². The fourth-order valence-corrected chi connectivity index (χ4v) is 1.91. The van der Waals surface area contributed by atoms with Gasteiger partial charge in [0.15, 0.2) is 5.78 Å². The maximum absolute atomic E-state index is 11.9. The van der Waals surface area contributed by atoms with Crippen molar-refractivity contribution in [3.8, 4) is 0 Å². The normalized spacial score (nSPS) is 20.9. The number of amides is 1. The minimum atomic E-state index is -0.531. The van der Waals surface area contributed by atoms with Crippen LogP contribution in [0, 0.1) is 5.92 Å². The van der Waals surface area contributed by atoms with E-state index in [1.54, 1.807) is 20.8 Å². The molecular formula is C13H24N2O3. The lowest BCUT2D eigenvalue weighted by Crippen LogP contribution is -2.38. The third kappa shape index (κ3) is 6.00. The van der Waals surface area contributed by atoms with Gasteiger partial charge < -0.3 is 15.4 Å². The van der Waals surface area contributed by atoms with E-state index >= 15 is 0 Å². The van der Waals surface area contributed by atoms with Crippen molar-refractivity contribution in [3.05, 3.63) is 0 Å². The van der Waals surface area contributed by atoms with Crippen LogP contribution >= 0.6 is 0 Å². The summed E-state index contributed by atoms with van der Waals surface area (Å²) in [6, 6.07) is 0. The first kappa shape index (κ1) is 15.0. The lowest BCUT2D eigenvalue weighted by molar-refractivity contribution is -0.122. The quantitative estimate of drug-likeness (QED) is 0.802. The average Bonchev–Trinajstić information content (AvgIpc) is 2.52. The smallest absolute Gasteiger partial charge is 0.408 e. The second-order valence-corrected chi connectivity index (χ2v) is 5.72. The van der Waals surface area contributed by atoms with E-state index in [2.05, 4.69) is 10.6 Å². The van der Waals surface area contributed by atoms with Gasteiger partial charge in [-0.05, 0) is 40.2 Å². The van der Waals surface area contributed by atoms with Crippen molar-refractivity contribution in [2.24, 2.45) is 5.92 Å². The van der Waals surface area contributed by atoms with Crippen LogP contribution in [0.2, 0.25) is 0 Å². The van der Waals surface area contributed by atoms with Gasteiger partial charge >= 0.3 is 6.09 Å². The first-order chi connectivity index (χ1) is 8.38. The predicted octanol–water partition coefficient (Wildman–Crippen LogP) is 1.47. The zero-order valence-corrected chi connectivity index (χ0v) is 11.5. The number of hydrogen-bond donors (Lipinski definition) is 2. The summed E-state index contributed by atoms with van der Waals surface area (Å²) in [5.74, 6) is 0.0951. The van der Waals surface area contributed by atoms with Crippen LogP contribution in [0.25, 0.3) is 0 Å². The Morgan fingerprint density at radius 1 is 1.33 bits per heavy atom. The van der Waals surface area contributed by atoms with Crippen molar-refractivity contribution in [3.63, 3.8) is 0 Å². The van der Waals surface area contributed by atoms with Crippen LogP contribution in [0.3, 0.4) is 0 Å². The first-order valence-corrected chi connectivity index (χ1v) is 6.59. The van der Waals surface area contributed by atoms with Gasteiger partial charge in [-0.25, -0.2) is 4.79 Å². The van der Waals surface area contributed by atoms with Gasteiger partial charge in [0.1, 0.15) is 5.60 Å². The summed E-state index contributed by atoms with van der Waals surface area (Å²) in [4.78, 5) is 23.3. The lowest BCUT2D eigenvalue weighted by Gasteiger charge is -2.20. The number of carbonyl (C=O) groups excluding carboxylic acids is 2. The third-order valence-corrected chi connectivity index (χ3v) is 2.81. The highest BCUT2D eigenvalue weighted by atomic mass is 16.6. The average molecular weight is 256 g/mol. The molecule has 0 spiro atoms. The summed E-state index contributed by atoms with van der Waals surface area (Å²) in [5.41, 5.74) is -0.531. The van der Waals surface area contributed by atoms with E-state index in [0.717, 1.165) is 32.4 Å². The molecule has 0 saturated carbocycles. The molecule has 0 aromatic rings. The van der Waals surface area contributed by atoms with Crippen LogP contribution in [0.4, 0.5) is 4.79 Å². The molecule has 1 aliphatic rings. The van der Waals surface area contributed by atoms with E-state index in [1.165, 1.54) is 0 Å². The van der Waals surface area contributed by atoms with Crippen LogP contribution in [0.15, 0.2) is 0 Å². The van der Waals surface area contributed by atoms with E-state index in [-0.39, 0.29) is 18.2 Å². The number of alkyl carbamates (subject to hydrolysis) is 1. The van der Waals surface area contributed by atoms with Crippen molar-refractivity contribution in [1.29, 1.82) is 0 Å². The Morgan fingerprint density at radius 3 is 2.72 bits per heavy atom. The zero-order valence-electron chi connectivity index (χ0n) is 11.5. The van der Waals surface area contributed by atoms with Crippen LogP contribution in [0.1, 0.15) is 40.0 Å². The molecule has 1 amide bonds. The molecule has 18 heavy (non-hydrogen) atoms. The number of nitrogens with one attached hydrogen (secondary N) is 2. The van der Waals surface area contributed by atoms with Crippen LogP contribution < -0.4 is 10.6 Å². The third-order valence-electron chi connectivity index (χ3n) is 2.81. The summed E-state index contributed by atoms with van der Waals surface area (Å²) in [6.07, 6.45) is 2.55. The molecule has 1 aliphatic heterocycles. The van der Waals surface area contributed by atoms with Crippen molar-refractivity contribution in [2.45, 2.75) is 45.6 Å². The molecule has 1 fully saturated rings. The monoisotopic (exact) mass is 256 g/mol. The van der Waals surface area contributed by atoms with Gasteiger partial charge in [0.05, 0.1) is 6.54 Å². The fourth-order valence-electron chi connectivity index (χ4n) is 1.91. The van der Waals surface area contributed by atoms with Crippen molar-refractivity contribution in [1.82, 2.24) is 10.6 Å². The minimum Gasteiger partial charge on any atom is -0.444 e. The standard InChI is InChI=1S/C13H24N2O3/c1-13(2,3)18-12(17)15-9-11(16)10-6-4-5-7-14-8-10/h10,14H,4-9H2,1-3H3,(H,15,17). The lowest BCUT2D eigenvalue weighted by atomic mass is 9.98. The highest BCUT2D eigenvalue weighted by molar-refractivity contribution is 5.86. The maximum Gasteiger partial charge on any atom is 0.408 e. The first-order valence-electron chi connectivity index (χ1n) is 6.59. The largest absolute Gasteiger partial charge is 0.444 e. The van der Waals surface area contributed by atoms with Gasteiger partial charge in [0.25, 0.3) is 0 Å². The Labute approximate surface area is 109 Å². The SMILES string of the molecule is CC(C)(C)OC(=O)NCC(=O)C1CCCCNC1. The van der Waals surface area contributed by atoms with Crippen molar-refractivity contribution >= 4 is 11.9 Å². The molecule has 0 aliphatic carbocycles. The molecule has 1 atom stereocenters. The summed E-state index contributed by atoms with van der Waals surface area (Å²) in [6.45, 7) is 7.14. The van der Waals surface area contributed by atoms with E-state index in [1.807, 2.05) is 0 Å². The molecule has 0 aromatic carbocycles. The molecule has 0 aromatic heterocycles. The fraction of sp³-hybridized carbons (Fsp3) is 0.846. The van der Waals surface area contributed by atoms with E-state index < -0.39 is 11.7 Å². The zero-order chi connectivity index (χ0) is 13.6. The van der Waals surface area contributed by atoms with Gasteiger partial charge in [0.2, 0.25) is 0 Å². The summed E-state index contributed by atoms with van der Waals surface area (Å²) in [5, 5.41) is 5.76. The topological polar surface area (TPSA) is 67.4 Å². The maximum atomic E-state index is 11.9. The number of ketones is 1. The molecule has 1 heterocycles. The molecule has 5 nitrogen and oxygen atoms in total. The number of hydrogen-bond acceptors (Lipinski definition) is 4. The highest BCUT2D eigenvalue weighted by Gasteiger charge is 2.21. The molecular weight excluding hydrogens is 232 g/mol. The number of Topliss-reactive ketones (excluding diaryl/α,β-unsaturated/α-hetero) is 1. The van der Waals surface area contributed by atoms with Crippen molar-refractivity contribution < 1.29 is 14.3 Å². The Morgan fingerprint density at radius 2 is 2.06 bits per heavy atom. The molecule has 0 bridgehead atoms. The Balaban J connectivity index is 2.29. The van der Waals surface area contributed by atoms with Gasteiger partial charge in [-0.2, -0.15) is 0 Å². The molecule has 2 N–H and O–H groups in total. The van der Waals surface area contributed by atoms with E-state index in [0.29, 0.717) is 0 Å². The Bertz CT molecular complexity index is 289. The highest BCUT2D eigenvalue weighted by Crippen LogP contribution is 2.12. The van der Waals surface area contributed by atoms with Gasteiger partial charge in [-0.15, -0.1) is 0 Å². The van der Waals surface area contributed by atoms with E-state index in [9.17, 15) is 9.59 Å². The molecule has 1 unspecified atom stereocenters. The van der Waals surface area contributed by atoms with Gasteiger partial charge in [-0.3, -0.25) is 4.79 Å². The summed E-state index contributed by atoms with van der Waals surface area (Å²) >= 11 is 0. The van der Waals surface area contributed by atoms with Gasteiger partial charge in [-0.1, -0.05) is 6.42 Å². The predicted molar refractivity (Wildman–Crippen MR) is 69.5 cm³/mol.